The lowest BCUT2D eigenvalue weighted by Crippen LogP contribution is -2.46. The summed E-state index contributed by atoms with van der Waals surface area (Å²) in [4.78, 5) is 37.9. The Kier molecular flexibility index (Phi) is 10.0. The van der Waals surface area contributed by atoms with Gasteiger partial charge in [0.15, 0.2) is 0 Å². The van der Waals surface area contributed by atoms with E-state index in [1.807, 2.05) is 19.3 Å². The molecule has 0 aliphatic carbocycles. The fraction of sp³-hybridized carbons (Fsp3) is 0.538. The van der Waals surface area contributed by atoms with Crippen molar-refractivity contribution in [3.63, 3.8) is 0 Å². The number of carbonyl (C=O) groups is 2. The van der Waals surface area contributed by atoms with Crippen molar-refractivity contribution in [1.29, 1.82) is 0 Å². The van der Waals surface area contributed by atoms with Gasteiger partial charge in [0.25, 0.3) is 5.91 Å². The minimum absolute atomic E-state index is 0.0443. The molecule has 2 heterocycles. The predicted octanol–water partition coefficient (Wildman–Crippen LogP) is 3.01. The number of benzene rings is 1. The Balaban J connectivity index is 1.89. The van der Waals surface area contributed by atoms with Gasteiger partial charge in [-0.15, -0.1) is 0 Å². The highest BCUT2D eigenvalue weighted by Gasteiger charge is 2.28. The summed E-state index contributed by atoms with van der Waals surface area (Å²) in [5.41, 5.74) is 1.93. The van der Waals surface area contributed by atoms with E-state index in [0.29, 0.717) is 43.2 Å². The second-order valence-electron chi connectivity index (χ2n) is 9.37. The van der Waals surface area contributed by atoms with Gasteiger partial charge in [-0.3, -0.25) is 9.69 Å². The first-order valence-electron chi connectivity index (χ1n) is 12.4. The number of methoxy groups -OCH3 is 1. The quantitative estimate of drug-likeness (QED) is 0.630. The Hall–Kier alpha value is -3.24. The van der Waals surface area contributed by atoms with Crippen molar-refractivity contribution in [2.75, 3.05) is 45.7 Å². The van der Waals surface area contributed by atoms with E-state index in [2.05, 4.69) is 39.3 Å². The summed E-state index contributed by atoms with van der Waals surface area (Å²) in [6.45, 7) is 9.01. The number of nitrogens with zero attached hydrogens (tertiary/aromatic N) is 4. The standard InChI is InChI=1S/C26H38N6O4/c1-6-9-29-26(34)30-21-7-8-23-22(10-21)25(33)31(4)15-24(35-5)18(2)13-32(19(3)16-36-23)14-20-11-27-17-28-12-20/h7-8,10-12,17-19,24H,6,9,13-16H2,1-5H3,(H2,29,30,34)/t18-,19-,24-/m1/s1. The molecule has 3 amide bonds. The zero-order valence-electron chi connectivity index (χ0n) is 21.9. The number of ether oxygens (including phenoxy) is 2. The summed E-state index contributed by atoms with van der Waals surface area (Å²) in [5, 5.41) is 5.58. The molecule has 0 spiro atoms. The number of hydrogen-bond acceptors (Lipinski definition) is 7. The number of carbonyl (C=O) groups excluding carboxylic acids is 2. The van der Waals surface area contributed by atoms with Crippen molar-refractivity contribution in [1.82, 2.24) is 25.1 Å². The first-order valence-corrected chi connectivity index (χ1v) is 12.4. The molecule has 1 aromatic heterocycles. The Morgan fingerprint density at radius 3 is 2.67 bits per heavy atom. The molecule has 3 rings (SSSR count). The van der Waals surface area contributed by atoms with Gasteiger partial charge in [0.05, 0.1) is 11.7 Å². The molecular weight excluding hydrogens is 460 g/mol. The number of amides is 3. The lowest BCUT2D eigenvalue weighted by atomic mass is 10.0. The van der Waals surface area contributed by atoms with Crippen LogP contribution in [0, 0.1) is 5.92 Å². The van der Waals surface area contributed by atoms with Crippen LogP contribution in [0.2, 0.25) is 0 Å². The molecule has 2 aromatic rings. The average Bonchev–Trinajstić information content (AvgIpc) is 2.88. The highest BCUT2D eigenvalue weighted by Crippen LogP contribution is 2.26. The molecule has 0 radical (unpaired) electrons. The lowest BCUT2D eigenvalue weighted by molar-refractivity contribution is 0.00918. The van der Waals surface area contributed by atoms with Crippen LogP contribution in [0.4, 0.5) is 10.5 Å². The molecule has 0 fully saturated rings. The van der Waals surface area contributed by atoms with Crippen LogP contribution in [0.5, 0.6) is 5.75 Å². The number of aromatic nitrogens is 2. The molecule has 3 atom stereocenters. The molecule has 10 heteroatoms. The Morgan fingerprint density at radius 1 is 1.22 bits per heavy atom. The Bertz CT molecular complexity index is 1010. The fourth-order valence-corrected chi connectivity index (χ4v) is 4.21. The van der Waals surface area contributed by atoms with E-state index >= 15 is 0 Å². The van der Waals surface area contributed by atoms with Gasteiger partial charge >= 0.3 is 6.03 Å². The molecule has 1 aromatic carbocycles. The van der Waals surface area contributed by atoms with Crippen molar-refractivity contribution in [3.8, 4) is 5.75 Å². The van der Waals surface area contributed by atoms with Gasteiger partial charge in [-0.2, -0.15) is 0 Å². The van der Waals surface area contributed by atoms with Gasteiger partial charge in [0.2, 0.25) is 0 Å². The SMILES string of the molecule is CCCNC(=O)Nc1ccc2c(c1)C(=O)N(C)C[C@@H](OC)[C@H](C)CN(Cc1cncnc1)[C@H](C)CO2. The van der Waals surface area contributed by atoms with Crippen LogP contribution in [0.3, 0.4) is 0 Å². The van der Waals surface area contributed by atoms with E-state index in [1.165, 1.54) is 6.33 Å². The third kappa shape index (κ3) is 7.38. The third-order valence-electron chi connectivity index (χ3n) is 6.37. The number of nitrogens with one attached hydrogen (secondary N) is 2. The topological polar surface area (TPSA) is 109 Å². The first-order chi connectivity index (χ1) is 17.3. The monoisotopic (exact) mass is 498 g/mol. The van der Waals surface area contributed by atoms with E-state index in [0.717, 1.165) is 18.5 Å². The first kappa shape index (κ1) is 27.3. The van der Waals surface area contributed by atoms with E-state index < -0.39 is 0 Å². The smallest absolute Gasteiger partial charge is 0.319 e. The van der Waals surface area contributed by atoms with Crippen LogP contribution in [-0.2, 0) is 11.3 Å². The van der Waals surface area contributed by atoms with Crippen molar-refractivity contribution in [2.45, 2.75) is 45.9 Å². The number of likely N-dealkylation sites (N-methyl/N-ethyl adjacent to an activating group) is 1. The number of anilines is 1. The summed E-state index contributed by atoms with van der Waals surface area (Å²) >= 11 is 0. The molecule has 36 heavy (non-hydrogen) atoms. The predicted molar refractivity (Wildman–Crippen MR) is 138 cm³/mol. The van der Waals surface area contributed by atoms with E-state index in [1.54, 1.807) is 37.3 Å². The van der Waals surface area contributed by atoms with Crippen LogP contribution in [0.25, 0.3) is 0 Å². The maximum Gasteiger partial charge on any atom is 0.319 e. The van der Waals surface area contributed by atoms with Crippen molar-refractivity contribution in [3.05, 3.63) is 48.0 Å². The normalized spacial score (nSPS) is 21.5. The molecule has 196 valence electrons. The summed E-state index contributed by atoms with van der Waals surface area (Å²) in [5.74, 6) is 0.429. The maximum atomic E-state index is 13.5. The minimum Gasteiger partial charge on any atom is -0.491 e. The van der Waals surface area contributed by atoms with E-state index in [-0.39, 0.29) is 30.0 Å². The molecule has 0 saturated carbocycles. The van der Waals surface area contributed by atoms with E-state index in [9.17, 15) is 9.59 Å². The molecule has 2 N–H and O–H groups in total. The summed E-state index contributed by atoms with van der Waals surface area (Å²) in [6, 6.07) is 4.88. The zero-order valence-corrected chi connectivity index (χ0v) is 21.9. The summed E-state index contributed by atoms with van der Waals surface area (Å²) in [6.07, 6.45) is 5.84. The molecule has 1 aliphatic rings. The molecule has 0 unspecified atom stereocenters. The average molecular weight is 499 g/mol. The van der Waals surface area contributed by atoms with Crippen LogP contribution >= 0.6 is 0 Å². The maximum absolute atomic E-state index is 13.5. The number of fused-ring (bicyclic) bond motifs is 1. The Labute approximate surface area is 213 Å². The van der Waals surface area contributed by atoms with Crippen molar-refractivity contribution in [2.24, 2.45) is 5.92 Å². The van der Waals surface area contributed by atoms with E-state index in [4.69, 9.17) is 9.47 Å². The van der Waals surface area contributed by atoms with Gasteiger partial charge in [-0.25, -0.2) is 14.8 Å². The second kappa shape index (κ2) is 13.2. The number of urea groups is 1. The van der Waals surface area contributed by atoms with Crippen molar-refractivity contribution >= 4 is 17.6 Å². The molecule has 0 saturated heterocycles. The molecule has 0 bridgehead atoms. The largest absolute Gasteiger partial charge is 0.491 e. The van der Waals surface area contributed by atoms with Crippen LogP contribution in [0.1, 0.15) is 43.1 Å². The molecule has 10 nitrogen and oxygen atoms in total. The van der Waals surface area contributed by atoms with Gasteiger partial charge in [-0.1, -0.05) is 13.8 Å². The summed E-state index contributed by atoms with van der Waals surface area (Å²) in [7, 11) is 3.44. The van der Waals surface area contributed by atoms with Crippen molar-refractivity contribution < 1.29 is 19.1 Å². The van der Waals surface area contributed by atoms with Crippen LogP contribution < -0.4 is 15.4 Å². The number of hydrogen-bond donors (Lipinski definition) is 2. The third-order valence-corrected chi connectivity index (χ3v) is 6.37. The van der Waals surface area contributed by atoms with Gasteiger partial charge in [-0.05, 0) is 37.5 Å². The fourth-order valence-electron chi connectivity index (χ4n) is 4.21. The minimum atomic E-state index is -0.311. The second-order valence-corrected chi connectivity index (χ2v) is 9.37. The number of rotatable bonds is 6. The van der Waals surface area contributed by atoms with Gasteiger partial charge < -0.3 is 25.0 Å². The highest BCUT2D eigenvalue weighted by molar-refractivity contribution is 5.99. The Morgan fingerprint density at radius 2 is 1.97 bits per heavy atom. The lowest BCUT2D eigenvalue weighted by Gasteiger charge is -2.36. The zero-order chi connectivity index (χ0) is 26.1. The van der Waals surface area contributed by atoms with Crippen LogP contribution in [0.15, 0.2) is 36.9 Å². The van der Waals surface area contributed by atoms with Crippen LogP contribution in [-0.4, -0.2) is 84.3 Å². The molecule has 1 aliphatic heterocycles. The molecular formula is C26H38N6O4. The van der Waals surface area contributed by atoms with Gasteiger partial charge in [0, 0.05) is 70.0 Å². The van der Waals surface area contributed by atoms with Gasteiger partial charge in [0.1, 0.15) is 18.7 Å². The summed E-state index contributed by atoms with van der Waals surface area (Å²) < 4.78 is 12.0. The highest BCUT2D eigenvalue weighted by atomic mass is 16.5.